The van der Waals surface area contributed by atoms with Gasteiger partial charge in [-0.25, -0.2) is 0 Å². The number of carbonyl (C=O) groups is 1. The Morgan fingerprint density at radius 3 is 2.43 bits per heavy atom. The molecule has 1 amide bonds. The highest BCUT2D eigenvalue weighted by molar-refractivity contribution is 5.85. The predicted molar refractivity (Wildman–Crippen MR) is 101 cm³/mol. The number of hydrogen-bond acceptors (Lipinski definition) is 3. The number of aliphatic hydroxyl groups is 1. The molecule has 3 rings (SSSR count). The highest BCUT2D eigenvalue weighted by atomic mass is 19.4. The van der Waals surface area contributed by atoms with E-state index in [9.17, 15) is 23.1 Å². The lowest BCUT2D eigenvalue weighted by atomic mass is 9.80. The average molecular weight is 398 g/mol. The van der Waals surface area contributed by atoms with Crippen LogP contribution in [0.5, 0.6) is 0 Å². The molecule has 0 spiro atoms. The zero-order valence-electron chi connectivity index (χ0n) is 16.9. The van der Waals surface area contributed by atoms with Crippen molar-refractivity contribution in [2.75, 3.05) is 13.1 Å². The first-order valence-corrected chi connectivity index (χ1v) is 9.80. The van der Waals surface area contributed by atoms with Crippen molar-refractivity contribution in [3.63, 3.8) is 0 Å². The van der Waals surface area contributed by atoms with Crippen LogP contribution in [-0.2, 0) is 23.2 Å². The van der Waals surface area contributed by atoms with Crippen molar-refractivity contribution in [3.05, 3.63) is 34.4 Å². The Kier molecular flexibility index (Phi) is 5.30. The number of nitrogens with one attached hydrogen (secondary N) is 1. The van der Waals surface area contributed by atoms with E-state index >= 15 is 0 Å². The number of nitrogens with zero attached hydrogens (tertiary/aromatic N) is 1. The number of halogens is 3. The maximum absolute atomic E-state index is 13.1. The quantitative estimate of drug-likeness (QED) is 0.800. The molecule has 1 aromatic carbocycles. The zero-order chi connectivity index (χ0) is 20.9. The third kappa shape index (κ3) is 3.79. The molecule has 2 atom stereocenters. The molecule has 2 heterocycles. The van der Waals surface area contributed by atoms with Gasteiger partial charge in [0.2, 0.25) is 5.60 Å². The van der Waals surface area contributed by atoms with Gasteiger partial charge in [-0.2, -0.15) is 13.2 Å². The van der Waals surface area contributed by atoms with Crippen LogP contribution in [-0.4, -0.2) is 40.8 Å². The van der Waals surface area contributed by atoms with Gasteiger partial charge in [0.15, 0.2) is 0 Å². The van der Waals surface area contributed by atoms with Gasteiger partial charge < -0.3 is 15.3 Å². The lowest BCUT2D eigenvalue weighted by molar-refractivity contribution is -0.250. The molecule has 0 saturated carbocycles. The number of carbonyl (C=O) groups excluding carboxylic acids is 1. The van der Waals surface area contributed by atoms with E-state index in [4.69, 9.17) is 0 Å². The predicted octanol–water partition coefficient (Wildman–Crippen LogP) is 3.61. The molecule has 1 aromatic rings. The molecule has 7 heteroatoms. The Labute approximate surface area is 164 Å². The smallest absolute Gasteiger partial charge is 0.373 e. The van der Waals surface area contributed by atoms with Crippen LogP contribution in [0.1, 0.15) is 68.8 Å². The number of amides is 1. The second-order valence-electron chi connectivity index (χ2n) is 9.15. The van der Waals surface area contributed by atoms with Crippen LogP contribution in [0.2, 0.25) is 0 Å². The summed E-state index contributed by atoms with van der Waals surface area (Å²) < 4.78 is 39.4. The number of rotatable bonds is 2. The third-order valence-electron chi connectivity index (χ3n) is 5.93. The second kappa shape index (κ2) is 7.02. The Balaban J connectivity index is 1.98. The van der Waals surface area contributed by atoms with Gasteiger partial charge in [0.25, 0.3) is 5.91 Å². The molecule has 28 heavy (non-hydrogen) atoms. The van der Waals surface area contributed by atoms with Gasteiger partial charge in [-0.1, -0.05) is 32.9 Å². The van der Waals surface area contributed by atoms with Gasteiger partial charge in [0.05, 0.1) is 0 Å². The summed E-state index contributed by atoms with van der Waals surface area (Å²) in [6.07, 6.45) is -2.38. The summed E-state index contributed by atoms with van der Waals surface area (Å²) in [5, 5.41) is 13.3. The molecule has 2 aliphatic heterocycles. The number of hydrogen-bond donors (Lipinski definition) is 2. The normalized spacial score (nSPS) is 22.7. The summed E-state index contributed by atoms with van der Waals surface area (Å²) in [4.78, 5) is 13.6. The minimum Gasteiger partial charge on any atom is -0.373 e. The Morgan fingerprint density at radius 2 is 1.89 bits per heavy atom. The summed E-state index contributed by atoms with van der Waals surface area (Å²) in [7, 11) is 0. The largest absolute Gasteiger partial charge is 0.426 e. The molecule has 0 bridgehead atoms. The van der Waals surface area contributed by atoms with Crippen molar-refractivity contribution >= 4 is 5.91 Å². The van der Waals surface area contributed by atoms with Crippen molar-refractivity contribution in [2.24, 2.45) is 0 Å². The van der Waals surface area contributed by atoms with Crippen molar-refractivity contribution in [1.82, 2.24) is 10.2 Å². The molecule has 4 nitrogen and oxygen atoms in total. The minimum atomic E-state index is -5.00. The van der Waals surface area contributed by atoms with E-state index in [1.54, 1.807) is 0 Å². The monoisotopic (exact) mass is 398 g/mol. The van der Waals surface area contributed by atoms with Crippen LogP contribution >= 0.6 is 0 Å². The highest BCUT2D eigenvalue weighted by Crippen LogP contribution is 2.37. The standard InChI is InChI=1S/C21H29F3N2O2/c1-19(2,3)14-10-13-12-26(18(27)20(4,28)21(22,23)24)9-7-15(13)16(11-14)17-6-5-8-25-17/h10-11,17,25,28H,5-9,12H2,1-4H3/t17-,20-/m0/s1. The first kappa shape index (κ1) is 21.1. The van der Waals surface area contributed by atoms with Gasteiger partial charge in [-0.05, 0) is 60.4 Å². The van der Waals surface area contributed by atoms with E-state index < -0.39 is 17.7 Å². The molecule has 1 saturated heterocycles. The minimum absolute atomic E-state index is 0.0873. The molecule has 156 valence electrons. The number of alkyl halides is 3. The van der Waals surface area contributed by atoms with Gasteiger partial charge in [0.1, 0.15) is 0 Å². The second-order valence-corrected chi connectivity index (χ2v) is 9.15. The van der Waals surface area contributed by atoms with Crippen LogP contribution in [0.15, 0.2) is 12.1 Å². The van der Waals surface area contributed by atoms with Crippen molar-refractivity contribution in [3.8, 4) is 0 Å². The highest BCUT2D eigenvalue weighted by Gasteiger charge is 2.57. The van der Waals surface area contributed by atoms with Crippen molar-refractivity contribution < 1.29 is 23.1 Å². The topological polar surface area (TPSA) is 52.6 Å². The van der Waals surface area contributed by atoms with Crippen LogP contribution < -0.4 is 5.32 Å². The first-order chi connectivity index (χ1) is 12.8. The van der Waals surface area contributed by atoms with Crippen LogP contribution in [0.4, 0.5) is 13.2 Å². The summed E-state index contributed by atoms with van der Waals surface area (Å²) in [6.45, 7) is 8.04. The average Bonchev–Trinajstić information content (AvgIpc) is 3.12. The fourth-order valence-corrected chi connectivity index (χ4v) is 4.03. The van der Waals surface area contributed by atoms with Gasteiger partial charge in [-0.15, -0.1) is 0 Å². The summed E-state index contributed by atoms with van der Waals surface area (Å²) in [5.74, 6) is -1.28. The van der Waals surface area contributed by atoms with E-state index in [-0.39, 0.29) is 24.5 Å². The molecular formula is C21H29F3N2O2. The lowest BCUT2D eigenvalue weighted by Gasteiger charge is -2.37. The van der Waals surface area contributed by atoms with Crippen molar-refractivity contribution in [1.29, 1.82) is 0 Å². The molecular weight excluding hydrogens is 369 g/mol. The fraction of sp³-hybridized carbons (Fsp3) is 0.667. The van der Waals surface area contributed by atoms with Crippen LogP contribution in [0.25, 0.3) is 0 Å². The van der Waals surface area contributed by atoms with Crippen LogP contribution in [0.3, 0.4) is 0 Å². The zero-order valence-corrected chi connectivity index (χ0v) is 16.9. The molecule has 0 aliphatic carbocycles. The molecule has 0 aromatic heterocycles. The van der Waals surface area contributed by atoms with Crippen molar-refractivity contribution in [2.45, 2.75) is 76.7 Å². The Hall–Kier alpha value is -1.60. The molecule has 0 radical (unpaired) electrons. The summed E-state index contributed by atoms with van der Waals surface area (Å²) in [6, 6.07) is 4.47. The molecule has 0 unspecified atom stereocenters. The maximum atomic E-state index is 13.1. The van der Waals surface area contributed by atoms with E-state index in [0.717, 1.165) is 41.0 Å². The first-order valence-electron chi connectivity index (χ1n) is 9.80. The van der Waals surface area contributed by atoms with Gasteiger partial charge >= 0.3 is 6.18 Å². The SMILES string of the molecule is CC(C)(C)c1cc2c(c([C@@H]3CCCN3)c1)CCN(C(=O)[C@](C)(O)C(F)(F)F)C2. The fourth-order valence-electron chi connectivity index (χ4n) is 4.03. The maximum Gasteiger partial charge on any atom is 0.426 e. The Morgan fingerprint density at radius 1 is 1.21 bits per heavy atom. The van der Waals surface area contributed by atoms with Crippen LogP contribution in [0, 0.1) is 0 Å². The van der Waals surface area contributed by atoms with Gasteiger partial charge in [-0.3, -0.25) is 4.79 Å². The van der Waals surface area contributed by atoms with E-state index in [1.165, 1.54) is 5.56 Å². The molecule has 2 aliphatic rings. The third-order valence-corrected chi connectivity index (χ3v) is 5.93. The summed E-state index contributed by atoms with van der Waals surface area (Å²) >= 11 is 0. The van der Waals surface area contributed by atoms with E-state index in [1.807, 2.05) is 6.07 Å². The van der Waals surface area contributed by atoms with Gasteiger partial charge in [0, 0.05) is 19.1 Å². The number of fused-ring (bicyclic) bond motifs is 1. The number of benzene rings is 1. The van der Waals surface area contributed by atoms with E-state index in [0.29, 0.717) is 13.3 Å². The summed E-state index contributed by atoms with van der Waals surface area (Å²) in [5.41, 5.74) is 0.826. The molecule has 1 fully saturated rings. The van der Waals surface area contributed by atoms with E-state index in [2.05, 4.69) is 32.2 Å². The lowest BCUT2D eigenvalue weighted by Crippen LogP contribution is -2.56. The Bertz CT molecular complexity index is 760. The molecule has 2 N–H and O–H groups in total.